The number of carbonyl (C=O) groups is 2. The van der Waals surface area contributed by atoms with Crippen molar-refractivity contribution in [3.05, 3.63) is 60.7 Å². The number of benzene rings is 2. The van der Waals surface area contributed by atoms with Crippen LogP contribution in [0.2, 0.25) is 0 Å². The Balaban J connectivity index is 1.87. The average Bonchev–Trinajstić information content (AvgIpc) is 2.78. The van der Waals surface area contributed by atoms with Gasteiger partial charge in [-0.15, -0.1) is 0 Å². The highest BCUT2D eigenvalue weighted by Gasteiger charge is 2.25. The number of imide groups is 1. The zero-order valence-corrected chi connectivity index (χ0v) is 10.9. The first-order valence-electron chi connectivity index (χ1n) is 6.26. The summed E-state index contributed by atoms with van der Waals surface area (Å²) >= 11 is 0. The van der Waals surface area contributed by atoms with Gasteiger partial charge >= 0.3 is 0 Å². The Morgan fingerprint density at radius 3 is 2.14 bits per heavy atom. The molecule has 5 heteroatoms. The van der Waals surface area contributed by atoms with E-state index in [0.717, 1.165) is 4.90 Å². The number of hydrogen-bond acceptors (Lipinski definition) is 4. The van der Waals surface area contributed by atoms with E-state index >= 15 is 0 Å². The van der Waals surface area contributed by atoms with Gasteiger partial charge in [0.15, 0.2) is 0 Å². The summed E-state index contributed by atoms with van der Waals surface area (Å²) in [7, 11) is 0. The zero-order valence-electron chi connectivity index (χ0n) is 10.9. The number of nitrogens with zero attached hydrogens (tertiary/aromatic N) is 1. The highest BCUT2D eigenvalue weighted by Crippen LogP contribution is 2.28. The van der Waals surface area contributed by atoms with Crippen LogP contribution < -0.4 is 9.64 Å². The van der Waals surface area contributed by atoms with E-state index in [1.165, 1.54) is 24.3 Å². The molecule has 0 saturated carbocycles. The maximum absolute atomic E-state index is 11.6. The van der Waals surface area contributed by atoms with Crippen molar-refractivity contribution in [2.75, 3.05) is 4.90 Å². The van der Waals surface area contributed by atoms with Crippen LogP contribution in [-0.2, 0) is 9.59 Å². The van der Waals surface area contributed by atoms with Crippen LogP contribution in [0.5, 0.6) is 17.2 Å². The summed E-state index contributed by atoms with van der Waals surface area (Å²) in [6, 6.07) is 13.0. The lowest BCUT2D eigenvalue weighted by molar-refractivity contribution is -0.119. The molecule has 0 saturated heterocycles. The molecule has 1 aliphatic heterocycles. The second-order valence-electron chi connectivity index (χ2n) is 4.44. The molecule has 0 aromatic heterocycles. The topological polar surface area (TPSA) is 66.8 Å². The van der Waals surface area contributed by atoms with Gasteiger partial charge in [-0.05, 0) is 24.3 Å². The first-order chi connectivity index (χ1) is 10.1. The van der Waals surface area contributed by atoms with E-state index in [0.29, 0.717) is 17.2 Å². The van der Waals surface area contributed by atoms with Gasteiger partial charge in [0.1, 0.15) is 17.2 Å². The quantitative estimate of drug-likeness (QED) is 0.878. The predicted molar refractivity (Wildman–Crippen MR) is 76.3 cm³/mol. The Morgan fingerprint density at radius 2 is 1.48 bits per heavy atom. The minimum absolute atomic E-state index is 0.0951. The fraction of sp³-hybridized carbons (Fsp3) is 0. The fourth-order valence-corrected chi connectivity index (χ4v) is 2.02. The van der Waals surface area contributed by atoms with Crippen molar-refractivity contribution in [1.29, 1.82) is 0 Å². The molecule has 0 radical (unpaired) electrons. The van der Waals surface area contributed by atoms with Crippen molar-refractivity contribution >= 4 is 17.5 Å². The molecule has 1 aliphatic rings. The molecule has 0 unspecified atom stereocenters. The van der Waals surface area contributed by atoms with E-state index in [9.17, 15) is 14.7 Å². The molecule has 0 spiro atoms. The van der Waals surface area contributed by atoms with Crippen molar-refractivity contribution < 1.29 is 19.4 Å². The van der Waals surface area contributed by atoms with Gasteiger partial charge in [0.25, 0.3) is 11.8 Å². The Morgan fingerprint density at radius 1 is 0.857 bits per heavy atom. The number of ether oxygens (including phenoxy) is 1. The van der Waals surface area contributed by atoms with Crippen LogP contribution in [0.1, 0.15) is 0 Å². The van der Waals surface area contributed by atoms with E-state index in [4.69, 9.17) is 4.74 Å². The molecule has 0 atom stereocenters. The molecule has 0 aliphatic carbocycles. The SMILES string of the molecule is O=C1C=CC(=O)N1c1cccc(Oc2cccc(O)c2)c1. The molecular weight excluding hydrogens is 270 g/mol. The second-order valence-corrected chi connectivity index (χ2v) is 4.44. The molecule has 5 nitrogen and oxygen atoms in total. The third-order valence-electron chi connectivity index (χ3n) is 2.94. The molecule has 2 aromatic carbocycles. The van der Waals surface area contributed by atoms with E-state index in [-0.39, 0.29) is 17.6 Å². The average molecular weight is 281 g/mol. The van der Waals surface area contributed by atoms with Crippen LogP contribution >= 0.6 is 0 Å². The van der Waals surface area contributed by atoms with Gasteiger partial charge in [-0.1, -0.05) is 12.1 Å². The van der Waals surface area contributed by atoms with Gasteiger partial charge in [-0.25, -0.2) is 4.90 Å². The highest BCUT2D eigenvalue weighted by molar-refractivity contribution is 6.28. The van der Waals surface area contributed by atoms with Crippen LogP contribution in [0.4, 0.5) is 5.69 Å². The Hall–Kier alpha value is -3.08. The zero-order chi connectivity index (χ0) is 14.8. The molecule has 0 bridgehead atoms. The molecule has 21 heavy (non-hydrogen) atoms. The van der Waals surface area contributed by atoms with E-state index in [2.05, 4.69) is 0 Å². The number of amides is 2. The van der Waals surface area contributed by atoms with Crippen molar-refractivity contribution in [3.63, 3.8) is 0 Å². The third kappa shape index (κ3) is 2.62. The lowest BCUT2D eigenvalue weighted by Gasteiger charge is -2.15. The maximum Gasteiger partial charge on any atom is 0.258 e. The summed E-state index contributed by atoms with van der Waals surface area (Å²) in [5.41, 5.74) is 0.438. The number of carbonyl (C=O) groups excluding carboxylic acids is 2. The van der Waals surface area contributed by atoms with Crippen LogP contribution in [0.25, 0.3) is 0 Å². The number of phenolic OH excluding ortho intramolecular Hbond substituents is 1. The first kappa shape index (κ1) is 12.9. The summed E-state index contributed by atoms with van der Waals surface area (Å²) in [4.78, 5) is 24.4. The van der Waals surface area contributed by atoms with Gasteiger partial charge < -0.3 is 9.84 Å². The van der Waals surface area contributed by atoms with Crippen molar-refractivity contribution in [2.24, 2.45) is 0 Å². The first-order valence-corrected chi connectivity index (χ1v) is 6.26. The Kier molecular flexibility index (Phi) is 3.16. The molecule has 1 heterocycles. The van der Waals surface area contributed by atoms with Crippen LogP contribution in [0.15, 0.2) is 60.7 Å². The molecular formula is C16H11NO4. The lowest BCUT2D eigenvalue weighted by atomic mass is 10.2. The number of phenols is 1. The van der Waals surface area contributed by atoms with Gasteiger partial charge in [0.05, 0.1) is 5.69 Å². The Bertz CT molecular complexity index is 733. The van der Waals surface area contributed by atoms with Crippen molar-refractivity contribution in [1.82, 2.24) is 0 Å². The van der Waals surface area contributed by atoms with Gasteiger partial charge in [-0.3, -0.25) is 9.59 Å². The van der Waals surface area contributed by atoms with Crippen LogP contribution in [0, 0.1) is 0 Å². The second kappa shape index (κ2) is 5.13. The van der Waals surface area contributed by atoms with Gasteiger partial charge in [0.2, 0.25) is 0 Å². The smallest absolute Gasteiger partial charge is 0.258 e. The fourth-order valence-electron chi connectivity index (χ4n) is 2.02. The van der Waals surface area contributed by atoms with Gasteiger partial charge in [-0.2, -0.15) is 0 Å². The normalized spacial score (nSPS) is 13.8. The molecule has 104 valence electrons. The third-order valence-corrected chi connectivity index (χ3v) is 2.94. The van der Waals surface area contributed by atoms with E-state index < -0.39 is 0 Å². The maximum atomic E-state index is 11.6. The molecule has 1 N–H and O–H groups in total. The van der Waals surface area contributed by atoms with Crippen LogP contribution in [0.3, 0.4) is 0 Å². The number of rotatable bonds is 3. The Labute approximate surface area is 120 Å². The van der Waals surface area contributed by atoms with Gasteiger partial charge in [0, 0.05) is 24.3 Å². The monoisotopic (exact) mass is 281 g/mol. The molecule has 2 amide bonds. The molecule has 3 rings (SSSR count). The highest BCUT2D eigenvalue weighted by atomic mass is 16.5. The van der Waals surface area contributed by atoms with E-state index in [1.807, 2.05) is 0 Å². The number of anilines is 1. The summed E-state index contributed by atoms with van der Waals surface area (Å²) in [6.07, 6.45) is 2.45. The van der Waals surface area contributed by atoms with E-state index in [1.54, 1.807) is 36.4 Å². The van der Waals surface area contributed by atoms with Crippen molar-refractivity contribution in [3.8, 4) is 17.2 Å². The predicted octanol–water partition coefficient (Wildman–Crippen LogP) is 2.61. The summed E-state index contributed by atoms with van der Waals surface area (Å²) < 4.78 is 5.60. The minimum Gasteiger partial charge on any atom is -0.508 e. The largest absolute Gasteiger partial charge is 0.508 e. The minimum atomic E-state index is -0.380. The standard InChI is InChI=1S/C16H11NO4/c18-12-4-2-6-14(10-12)21-13-5-1-3-11(9-13)17-15(19)7-8-16(17)20/h1-10,18H. The summed E-state index contributed by atoms with van der Waals surface area (Å²) in [5, 5.41) is 9.40. The summed E-state index contributed by atoms with van der Waals surface area (Å²) in [6.45, 7) is 0. The lowest BCUT2D eigenvalue weighted by Crippen LogP contribution is -2.29. The molecule has 2 aromatic rings. The van der Waals surface area contributed by atoms with Crippen LogP contribution in [-0.4, -0.2) is 16.9 Å². The number of aromatic hydroxyl groups is 1. The summed E-state index contributed by atoms with van der Waals surface area (Å²) in [5.74, 6) is 0.261. The number of hydrogen-bond donors (Lipinski definition) is 1. The molecule has 0 fully saturated rings. The van der Waals surface area contributed by atoms with Crippen molar-refractivity contribution in [2.45, 2.75) is 0 Å².